The van der Waals surface area contributed by atoms with Crippen LogP contribution < -0.4 is 0 Å². The van der Waals surface area contributed by atoms with E-state index in [4.69, 9.17) is 4.43 Å². The minimum Gasteiger partial charge on any atom is -0.417 e. The normalized spacial score (nSPS) is 10.2. The lowest BCUT2D eigenvalue weighted by molar-refractivity contribution is -0.113. The van der Waals surface area contributed by atoms with Crippen LogP contribution >= 0.6 is 0 Å². The molecule has 0 amide bonds. The monoisotopic (exact) mass is 171 g/mol. The lowest BCUT2D eigenvalue weighted by Gasteiger charge is -2.06. The van der Waals surface area contributed by atoms with Gasteiger partial charge in [0.1, 0.15) is 0 Å². The van der Waals surface area contributed by atoms with Gasteiger partial charge in [0.2, 0.25) is 9.04 Å². The molecule has 11 heavy (non-hydrogen) atoms. The SMILES string of the molecule is C=C(C)C(=O)C[Si](C)OCC. The molecule has 0 N–H and O–H groups in total. The van der Waals surface area contributed by atoms with Gasteiger partial charge in [0.25, 0.3) is 0 Å². The van der Waals surface area contributed by atoms with Crippen molar-refractivity contribution in [3.8, 4) is 0 Å². The van der Waals surface area contributed by atoms with Crippen molar-refractivity contribution >= 4 is 14.8 Å². The molecule has 0 atom stereocenters. The summed E-state index contributed by atoms with van der Waals surface area (Å²) in [5.41, 5.74) is 0.633. The van der Waals surface area contributed by atoms with E-state index in [1.54, 1.807) is 6.92 Å². The first-order chi connectivity index (χ1) is 5.07. The van der Waals surface area contributed by atoms with Crippen LogP contribution in [0, 0.1) is 0 Å². The number of allylic oxidation sites excluding steroid dienone is 1. The highest BCUT2D eigenvalue weighted by molar-refractivity contribution is 6.55. The fourth-order valence-corrected chi connectivity index (χ4v) is 2.02. The fourth-order valence-electron chi connectivity index (χ4n) is 0.674. The van der Waals surface area contributed by atoms with Gasteiger partial charge in [-0.05, 0) is 26.0 Å². The van der Waals surface area contributed by atoms with Gasteiger partial charge in [-0.3, -0.25) is 4.79 Å². The molecule has 0 bridgehead atoms. The Balaban J connectivity index is 3.66. The summed E-state index contributed by atoms with van der Waals surface area (Å²) in [7, 11) is -0.895. The molecule has 63 valence electrons. The average molecular weight is 171 g/mol. The van der Waals surface area contributed by atoms with Gasteiger partial charge in [0.15, 0.2) is 5.78 Å². The molecule has 0 aromatic carbocycles. The van der Waals surface area contributed by atoms with Crippen LogP contribution in [-0.2, 0) is 9.22 Å². The number of Topliss-reactive ketones (excluding diaryl/α,β-unsaturated/α-hetero) is 1. The molecule has 3 heteroatoms. The zero-order valence-corrected chi connectivity index (χ0v) is 8.44. The van der Waals surface area contributed by atoms with E-state index < -0.39 is 9.04 Å². The summed E-state index contributed by atoms with van der Waals surface area (Å²) in [4.78, 5) is 11.1. The van der Waals surface area contributed by atoms with Gasteiger partial charge < -0.3 is 4.43 Å². The first kappa shape index (κ1) is 10.6. The van der Waals surface area contributed by atoms with Crippen molar-refractivity contribution in [1.82, 2.24) is 0 Å². The van der Waals surface area contributed by atoms with Crippen molar-refractivity contribution in [3.05, 3.63) is 12.2 Å². The third-order valence-electron chi connectivity index (χ3n) is 1.28. The molecule has 0 unspecified atom stereocenters. The van der Waals surface area contributed by atoms with Crippen molar-refractivity contribution in [2.75, 3.05) is 6.61 Å². The van der Waals surface area contributed by atoms with Crippen LogP contribution in [0.2, 0.25) is 12.6 Å². The summed E-state index contributed by atoms with van der Waals surface area (Å²) in [5, 5.41) is 0. The molecular formula is C8H15O2Si. The summed E-state index contributed by atoms with van der Waals surface area (Å²) in [6.07, 6.45) is 0. The van der Waals surface area contributed by atoms with Crippen molar-refractivity contribution in [2.24, 2.45) is 0 Å². The number of carbonyl (C=O) groups is 1. The minimum atomic E-state index is -0.895. The Morgan fingerprint density at radius 1 is 1.64 bits per heavy atom. The molecule has 0 spiro atoms. The molecule has 1 radical (unpaired) electrons. The quantitative estimate of drug-likeness (QED) is 0.465. The molecule has 0 aromatic rings. The molecule has 0 aliphatic rings. The topological polar surface area (TPSA) is 26.3 Å². The van der Waals surface area contributed by atoms with Crippen molar-refractivity contribution in [2.45, 2.75) is 26.4 Å². The van der Waals surface area contributed by atoms with Gasteiger partial charge >= 0.3 is 0 Å². The third kappa shape index (κ3) is 4.92. The Morgan fingerprint density at radius 3 is 2.55 bits per heavy atom. The molecule has 0 rings (SSSR count). The van der Waals surface area contributed by atoms with Crippen molar-refractivity contribution in [1.29, 1.82) is 0 Å². The second kappa shape index (κ2) is 5.27. The van der Waals surface area contributed by atoms with Gasteiger partial charge in [0, 0.05) is 12.7 Å². The van der Waals surface area contributed by atoms with Crippen molar-refractivity contribution < 1.29 is 9.22 Å². The Labute approximate surface area is 70.0 Å². The Bertz CT molecular complexity index is 154. The van der Waals surface area contributed by atoms with Crippen LogP contribution in [0.4, 0.5) is 0 Å². The highest BCUT2D eigenvalue weighted by Gasteiger charge is 2.11. The molecule has 0 aliphatic carbocycles. The van der Waals surface area contributed by atoms with Gasteiger partial charge in [-0.2, -0.15) is 0 Å². The summed E-state index contributed by atoms with van der Waals surface area (Å²) >= 11 is 0. The number of rotatable bonds is 5. The minimum absolute atomic E-state index is 0.134. The van der Waals surface area contributed by atoms with Gasteiger partial charge in [-0.25, -0.2) is 0 Å². The van der Waals surface area contributed by atoms with Crippen LogP contribution in [0.5, 0.6) is 0 Å². The lowest BCUT2D eigenvalue weighted by Crippen LogP contribution is -2.18. The maximum absolute atomic E-state index is 11.1. The van der Waals surface area contributed by atoms with Crippen LogP contribution in [0.3, 0.4) is 0 Å². The van der Waals surface area contributed by atoms with Crippen LogP contribution in [0.15, 0.2) is 12.2 Å². The molecular weight excluding hydrogens is 156 g/mol. The van der Waals surface area contributed by atoms with E-state index in [1.807, 2.05) is 13.5 Å². The summed E-state index contributed by atoms with van der Waals surface area (Å²) in [6, 6.07) is 0.549. The standard InChI is InChI=1S/C8H15O2Si/c1-5-10-11(4)6-8(9)7(2)3/h2,5-6H2,1,3-4H3. The maximum atomic E-state index is 11.1. The fraction of sp³-hybridized carbons (Fsp3) is 0.625. The molecule has 0 aromatic heterocycles. The first-order valence-corrected chi connectivity index (χ1v) is 5.83. The van der Waals surface area contributed by atoms with E-state index in [1.165, 1.54) is 0 Å². The highest BCUT2D eigenvalue weighted by atomic mass is 28.3. The smallest absolute Gasteiger partial charge is 0.216 e. The van der Waals surface area contributed by atoms with E-state index in [0.29, 0.717) is 18.2 Å². The molecule has 0 saturated carbocycles. The Morgan fingerprint density at radius 2 is 2.18 bits per heavy atom. The summed E-state index contributed by atoms with van der Waals surface area (Å²) in [5.74, 6) is 0.134. The van der Waals surface area contributed by atoms with Crippen LogP contribution in [0.25, 0.3) is 0 Å². The summed E-state index contributed by atoms with van der Waals surface area (Å²) < 4.78 is 5.30. The van der Waals surface area contributed by atoms with Crippen LogP contribution in [-0.4, -0.2) is 21.4 Å². The first-order valence-electron chi connectivity index (χ1n) is 3.71. The lowest BCUT2D eigenvalue weighted by atomic mass is 10.2. The Kier molecular flexibility index (Phi) is 5.07. The van der Waals surface area contributed by atoms with E-state index in [9.17, 15) is 4.79 Å². The van der Waals surface area contributed by atoms with Gasteiger partial charge in [-0.1, -0.05) is 6.58 Å². The number of ketones is 1. The van der Waals surface area contributed by atoms with Gasteiger partial charge in [-0.15, -0.1) is 0 Å². The second-order valence-electron chi connectivity index (χ2n) is 2.52. The molecule has 0 aliphatic heterocycles. The second-order valence-corrected chi connectivity index (χ2v) is 4.56. The van der Waals surface area contributed by atoms with Crippen LogP contribution in [0.1, 0.15) is 13.8 Å². The number of hydrogen-bond donors (Lipinski definition) is 0. The largest absolute Gasteiger partial charge is 0.417 e. The third-order valence-corrected chi connectivity index (χ3v) is 2.88. The number of hydrogen-bond acceptors (Lipinski definition) is 2. The number of carbonyl (C=O) groups excluding carboxylic acids is 1. The van der Waals surface area contributed by atoms with E-state index in [0.717, 1.165) is 0 Å². The summed E-state index contributed by atoms with van der Waals surface area (Å²) in [6.45, 7) is 9.96. The van der Waals surface area contributed by atoms with E-state index >= 15 is 0 Å². The predicted octanol–water partition coefficient (Wildman–Crippen LogP) is 1.79. The average Bonchev–Trinajstić information content (AvgIpc) is 1.87. The predicted molar refractivity (Wildman–Crippen MR) is 47.9 cm³/mol. The molecule has 0 saturated heterocycles. The molecule has 0 fully saturated rings. The zero-order chi connectivity index (χ0) is 8.85. The maximum Gasteiger partial charge on any atom is 0.216 e. The zero-order valence-electron chi connectivity index (χ0n) is 7.44. The van der Waals surface area contributed by atoms with E-state index in [2.05, 4.69) is 6.58 Å². The van der Waals surface area contributed by atoms with Crippen molar-refractivity contribution in [3.63, 3.8) is 0 Å². The Hall–Kier alpha value is -0.413. The molecule has 0 heterocycles. The highest BCUT2D eigenvalue weighted by Crippen LogP contribution is 2.01. The van der Waals surface area contributed by atoms with E-state index in [-0.39, 0.29) is 5.78 Å². The molecule has 2 nitrogen and oxygen atoms in total. The van der Waals surface area contributed by atoms with Gasteiger partial charge in [0.05, 0.1) is 0 Å².